The zero-order chi connectivity index (χ0) is 20.1. The number of aromatic nitrogens is 1. The van der Waals surface area contributed by atoms with Gasteiger partial charge in [-0.2, -0.15) is 0 Å². The molecule has 1 unspecified atom stereocenters. The summed E-state index contributed by atoms with van der Waals surface area (Å²) in [5, 5.41) is 19.6. The number of benzene rings is 2. The molecule has 0 aliphatic rings. The van der Waals surface area contributed by atoms with Crippen LogP contribution >= 0.6 is 0 Å². The molecule has 1 aromatic heterocycles. The predicted octanol–water partition coefficient (Wildman–Crippen LogP) is 3.03. The monoisotopic (exact) mass is 383 g/mol. The summed E-state index contributed by atoms with van der Waals surface area (Å²) in [5.41, 5.74) is 7.02. The lowest BCUT2D eigenvalue weighted by atomic mass is 10.1. The van der Waals surface area contributed by atoms with E-state index in [4.69, 9.17) is 14.9 Å². The minimum atomic E-state index is -1.07. The van der Waals surface area contributed by atoms with E-state index in [1.165, 1.54) is 0 Å². The zero-order valence-electron chi connectivity index (χ0n) is 15.3. The molecule has 1 heterocycles. The van der Waals surface area contributed by atoms with Crippen molar-refractivity contribution in [3.05, 3.63) is 71.6 Å². The molecule has 2 amide bonds. The lowest BCUT2D eigenvalue weighted by Crippen LogP contribution is -2.35. The second kappa shape index (κ2) is 8.55. The van der Waals surface area contributed by atoms with Crippen LogP contribution in [-0.2, 0) is 6.61 Å². The first-order valence-corrected chi connectivity index (χ1v) is 8.62. The van der Waals surface area contributed by atoms with Crippen molar-refractivity contribution in [1.82, 2.24) is 10.0 Å². The molecule has 0 spiro atoms. The Kier molecular flexibility index (Phi) is 5.93. The summed E-state index contributed by atoms with van der Waals surface area (Å²) in [5.74, 6) is 1.80. The van der Waals surface area contributed by atoms with E-state index in [0.29, 0.717) is 28.7 Å². The Hall–Kier alpha value is -3.36. The fourth-order valence-electron chi connectivity index (χ4n) is 2.56. The number of hydrogen-bond donors (Lipinski definition) is 3. The average molecular weight is 383 g/mol. The van der Waals surface area contributed by atoms with E-state index < -0.39 is 12.1 Å². The van der Waals surface area contributed by atoms with E-state index in [0.717, 1.165) is 5.56 Å². The fraction of sp³-hybridized carbons (Fsp3) is 0.200. The van der Waals surface area contributed by atoms with Crippen LogP contribution in [0.3, 0.4) is 0 Å². The quantitative estimate of drug-likeness (QED) is 0.426. The lowest BCUT2D eigenvalue weighted by molar-refractivity contribution is -0.0664. The van der Waals surface area contributed by atoms with Gasteiger partial charge in [0.2, 0.25) is 5.89 Å². The number of hydroxylamine groups is 2. The minimum Gasteiger partial charge on any atom is -0.487 e. The summed E-state index contributed by atoms with van der Waals surface area (Å²) in [6, 6.07) is 15.2. The number of urea groups is 1. The number of aryl methyl sites for hydroxylation is 1. The first kappa shape index (κ1) is 19.4. The summed E-state index contributed by atoms with van der Waals surface area (Å²) in [6.07, 6.45) is -1.07. The summed E-state index contributed by atoms with van der Waals surface area (Å²) < 4.78 is 11.4. The largest absolute Gasteiger partial charge is 0.487 e. The highest BCUT2D eigenvalue weighted by atomic mass is 16.5. The molecule has 3 aromatic rings. The number of carbonyl (C=O) groups is 1. The van der Waals surface area contributed by atoms with Crippen LogP contribution in [0.1, 0.15) is 23.1 Å². The number of nitrogens with zero attached hydrogens (tertiary/aromatic N) is 2. The molecule has 0 aliphatic carbocycles. The van der Waals surface area contributed by atoms with Crippen molar-refractivity contribution in [2.75, 3.05) is 6.54 Å². The highest BCUT2D eigenvalue weighted by Gasteiger charge is 2.15. The van der Waals surface area contributed by atoms with Crippen molar-refractivity contribution in [3.63, 3.8) is 0 Å². The number of nitrogens with two attached hydrogens (primary N) is 1. The molecule has 1 atom stereocenters. The number of primary amides is 1. The van der Waals surface area contributed by atoms with Gasteiger partial charge >= 0.3 is 6.03 Å². The molecule has 0 saturated heterocycles. The standard InChI is InChI=1S/C20H21N3O5/c1-13-17(22-19(28-13)15-5-3-2-4-6-15)12-27-16-9-7-14(8-10-16)18(24)11-23(26)20(21)25/h2-10,18,24,26H,11-12H2,1H3,(H2,21,25). The number of rotatable bonds is 7. The van der Waals surface area contributed by atoms with Gasteiger partial charge in [0.1, 0.15) is 23.8 Å². The van der Waals surface area contributed by atoms with Gasteiger partial charge in [0, 0.05) is 5.56 Å². The molecule has 0 bridgehead atoms. The lowest BCUT2D eigenvalue weighted by Gasteiger charge is -2.17. The van der Waals surface area contributed by atoms with E-state index >= 15 is 0 Å². The SMILES string of the molecule is Cc1oc(-c2ccccc2)nc1COc1ccc(C(O)CN(O)C(N)=O)cc1. The number of oxazole rings is 1. The molecular formula is C20H21N3O5. The first-order valence-electron chi connectivity index (χ1n) is 8.62. The number of amides is 2. The Bertz CT molecular complexity index is 925. The van der Waals surface area contributed by atoms with Crippen molar-refractivity contribution >= 4 is 6.03 Å². The average Bonchev–Trinajstić information content (AvgIpc) is 3.08. The van der Waals surface area contributed by atoms with E-state index in [-0.39, 0.29) is 18.2 Å². The second-order valence-corrected chi connectivity index (χ2v) is 6.18. The number of ether oxygens (including phenoxy) is 1. The number of hydrogen-bond acceptors (Lipinski definition) is 6. The van der Waals surface area contributed by atoms with Crippen LogP contribution in [0.15, 0.2) is 59.0 Å². The first-order chi connectivity index (χ1) is 13.4. The number of aliphatic hydroxyl groups excluding tert-OH is 1. The van der Waals surface area contributed by atoms with Gasteiger partial charge in [-0.1, -0.05) is 30.3 Å². The van der Waals surface area contributed by atoms with Crippen LogP contribution in [0.2, 0.25) is 0 Å². The highest BCUT2D eigenvalue weighted by molar-refractivity contribution is 5.70. The van der Waals surface area contributed by atoms with Crippen LogP contribution in [0.4, 0.5) is 4.79 Å². The molecule has 0 aliphatic heterocycles. The third-order valence-electron chi connectivity index (χ3n) is 4.15. The van der Waals surface area contributed by atoms with E-state index in [1.54, 1.807) is 24.3 Å². The smallest absolute Gasteiger partial charge is 0.338 e. The molecule has 28 heavy (non-hydrogen) atoms. The van der Waals surface area contributed by atoms with Crippen LogP contribution in [0, 0.1) is 6.92 Å². The minimum absolute atomic E-state index is 0.232. The normalized spacial score (nSPS) is 11.8. The van der Waals surface area contributed by atoms with Gasteiger partial charge in [0.25, 0.3) is 0 Å². The molecule has 0 saturated carbocycles. The van der Waals surface area contributed by atoms with Gasteiger partial charge in [-0.05, 0) is 36.8 Å². The van der Waals surface area contributed by atoms with Crippen molar-refractivity contribution in [2.24, 2.45) is 5.73 Å². The Balaban J connectivity index is 1.61. The highest BCUT2D eigenvalue weighted by Crippen LogP contribution is 2.23. The Morgan fingerprint density at radius 3 is 2.54 bits per heavy atom. The maximum absolute atomic E-state index is 10.8. The van der Waals surface area contributed by atoms with Gasteiger partial charge < -0.3 is 20.0 Å². The second-order valence-electron chi connectivity index (χ2n) is 6.18. The molecule has 0 radical (unpaired) electrons. The third kappa shape index (κ3) is 4.67. The van der Waals surface area contributed by atoms with E-state index in [1.807, 2.05) is 37.3 Å². The number of aliphatic hydroxyl groups is 1. The maximum Gasteiger partial charge on any atom is 0.338 e. The third-order valence-corrected chi connectivity index (χ3v) is 4.15. The molecular weight excluding hydrogens is 362 g/mol. The van der Waals surface area contributed by atoms with E-state index in [2.05, 4.69) is 4.98 Å². The molecule has 146 valence electrons. The molecule has 3 rings (SSSR count). The molecule has 8 nitrogen and oxygen atoms in total. The zero-order valence-corrected chi connectivity index (χ0v) is 15.3. The predicted molar refractivity (Wildman–Crippen MR) is 100 cm³/mol. The Morgan fingerprint density at radius 1 is 1.21 bits per heavy atom. The molecule has 8 heteroatoms. The van der Waals surface area contributed by atoms with Crippen molar-refractivity contribution in [2.45, 2.75) is 19.6 Å². The molecule has 0 fully saturated rings. The topological polar surface area (TPSA) is 122 Å². The van der Waals surface area contributed by atoms with Gasteiger partial charge in [-0.15, -0.1) is 0 Å². The maximum atomic E-state index is 10.8. The molecule has 4 N–H and O–H groups in total. The van der Waals surface area contributed by atoms with Crippen LogP contribution in [-0.4, -0.2) is 32.9 Å². The molecule has 2 aromatic carbocycles. The summed E-state index contributed by atoms with van der Waals surface area (Å²) >= 11 is 0. The fourth-order valence-corrected chi connectivity index (χ4v) is 2.56. The Morgan fingerprint density at radius 2 is 1.89 bits per heavy atom. The van der Waals surface area contributed by atoms with E-state index in [9.17, 15) is 15.1 Å². The van der Waals surface area contributed by atoms with Gasteiger partial charge in [0.15, 0.2) is 0 Å². The van der Waals surface area contributed by atoms with Gasteiger partial charge in [-0.3, -0.25) is 5.21 Å². The summed E-state index contributed by atoms with van der Waals surface area (Å²) in [4.78, 5) is 15.3. The van der Waals surface area contributed by atoms with Crippen LogP contribution in [0.25, 0.3) is 11.5 Å². The van der Waals surface area contributed by atoms with Crippen LogP contribution < -0.4 is 10.5 Å². The Labute approximate surface area is 161 Å². The van der Waals surface area contributed by atoms with Crippen molar-refractivity contribution in [3.8, 4) is 17.2 Å². The van der Waals surface area contributed by atoms with Gasteiger partial charge in [0.05, 0.1) is 12.6 Å². The van der Waals surface area contributed by atoms with Gasteiger partial charge in [-0.25, -0.2) is 14.8 Å². The van der Waals surface area contributed by atoms with Crippen LogP contribution in [0.5, 0.6) is 5.75 Å². The summed E-state index contributed by atoms with van der Waals surface area (Å²) in [7, 11) is 0. The van der Waals surface area contributed by atoms with Crippen molar-refractivity contribution < 1.29 is 24.3 Å². The number of carbonyl (C=O) groups excluding carboxylic acids is 1. The van der Waals surface area contributed by atoms with Crippen molar-refractivity contribution in [1.29, 1.82) is 0 Å². The summed E-state index contributed by atoms with van der Waals surface area (Å²) in [6.45, 7) is 1.74.